The number of aromatic carboxylic acids is 2. The van der Waals surface area contributed by atoms with Gasteiger partial charge in [0.05, 0.1) is 26.6 Å². The predicted octanol–water partition coefficient (Wildman–Crippen LogP) is 2.17. The van der Waals surface area contributed by atoms with E-state index in [2.05, 4.69) is 0 Å². The summed E-state index contributed by atoms with van der Waals surface area (Å²) in [7, 11) is -8.99. The van der Waals surface area contributed by atoms with Gasteiger partial charge in [0.15, 0.2) is 0 Å². The van der Waals surface area contributed by atoms with Crippen molar-refractivity contribution >= 4 is 37.7 Å². The summed E-state index contributed by atoms with van der Waals surface area (Å²) >= 11 is 0. The molecule has 0 aromatic heterocycles. The Hall–Kier alpha value is -3.74. The Morgan fingerprint density at radius 2 is 1.19 bits per heavy atom. The van der Waals surface area contributed by atoms with Crippen molar-refractivity contribution in [3.05, 3.63) is 90.0 Å². The lowest BCUT2D eigenvalue weighted by Gasteiger charge is -2.25. The third-order valence-corrected chi connectivity index (χ3v) is 7.32. The van der Waals surface area contributed by atoms with Crippen molar-refractivity contribution in [3.63, 3.8) is 0 Å². The molecule has 0 saturated carbocycles. The molecule has 0 spiro atoms. The quantitative estimate of drug-likeness (QED) is 0.417. The van der Waals surface area contributed by atoms with Gasteiger partial charge in [0.1, 0.15) is 0 Å². The summed E-state index contributed by atoms with van der Waals surface area (Å²) in [4.78, 5) is 24.3. The molecule has 0 bridgehead atoms. The number of carbonyl (C=O) groups is 2. The molecule has 0 radical (unpaired) electrons. The second-order valence-corrected chi connectivity index (χ2v) is 9.78. The summed E-state index contributed by atoms with van der Waals surface area (Å²) in [6.45, 7) is 0. The molecule has 3 N–H and O–H groups in total. The molecular formula is C20H16N2O8S2. The van der Waals surface area contributed by atoms with Crippen molar-refractivity contribution in [3.8, 4) is 0 Å². The molecule has 3 aromatic carbocycles. The summed E-state index contributed by atoms with van der Waals surface area (Å²) in [6, 6.07) is 16.4. The summed E-state index contributed by atoms with van der Waals surface area (Å²) in [6.07, 6.45) is 0. The van der Waals surface area contributed by atoms with Gasteiger partial charge in [0, 0.05) is 0 Å². The lowest BCUT2D eigenvalue weighted by atomic mass is 10.1. The largest absolute Gasteiger partial charge is 0.478 e. The Morgan fingerprint density at radius 1 is 0.688 bits per heavy atom. The third-order valence-electron chi connectivity index (χ3n) is 4.24. The van der Waals surface area contributed by atoms with Crippen LogP contribution in [0.5, 0.6) is 0 Å². The zero-order valence-electron chi connectivity index (χ0n) is 16.1. The van der Waals surface area contributed by atoms with Crippen LogP contribution >= 0.6 is 0 Å². The van der Waals surface area contributed by atoms with Gasteiger partial charge >= 0.3 is 11.9 Å². The fourth-order valence-electron chi connectivity index (χ4n) is 2.72. The maximum atomic E-state index is 13.3. The highest BCUT2D eigenvalue weighted by molar-refractivity contribution is 7.95. The molecule has 0 aliphatic carbocycles. The van der Waals surface area contributed by atoms with Gasteiger partial charge in [-0.2, -0.15) is 12.8 Å². The maximum Gasteiger partial charge on any atom is 0.336 e. The topological polar surface area (TPSA) is 158 Å². The fraction of sp³-hybridized carbons (Fsp3) is 0. The van der Waals surface area contributed by atoms with E-state index in [0.717, 1.165) is 18.2 Å². The third kappa shape index (κ3) is 4.61. The molecule has 12 heteroatoms. The van der Waals surface area contributed by atoms with Crippen LogP contribution in [-0.4, -0.2) is 39.0 Å². The van der Waals surface area contributed by atoms with E-state index in [-0.39, 0.29) is 9.79 Å². The average molecular weight is 476 g/mol. The minimum absolute atomic E-state index is 0.242. The number of nitrogens with zero attached hydrogens (tertiary/aromatic N) is 1. The number of hydrogen-bond acceptors (Lipinski definition) is 6. The van der Waals surface area contributed by atoms with E-state index in [4.69, 9.17) is 0 Å². The van der Waals surface area contributed by atoms with Crippen molar-refractivity contribution in [1.29, 1.82) is 0 Å². The number of sulfonamides is 2. The normalized spacial score (nSPS) is 11.6. The minimum Gasteiger partial charge on any atom is -0.478 e. The Bertz CT molecular complexity index is 1370. The van der Waals surface area contributed by atoms with Crippen LogP contribution in [-0.2, 0) is 20.0 Å². The van der Waals surface area contributed by atoms with Crippen LogP contribution in [0.1, 0.15) is 20.7 Å². The molecule has 0 atom stereocenters. The van der Waals surface area contributed by atoms with E-state index in [0.29, 0.717) is 4.41 Å². The summed E-state index contributed by atoms with van der Waals surface area (Å²) in [5.41, 5.74) is -1.73. The van der Waals surface area contributed by atoms with E-state index in [9.17, 15) is 36.6 Å². The van der Waals surface area contributed by atoms with Gasteiger partial charge in [-0.15, -0.1) is 4.83 Å². The Kier molecular flexibility index (Phi) is 6.30. The number of carboxylic acids is 2. The molecular weight excluding hydrogens is 460 g/mol. The fourth-order valence-corrected chi connectivity index (χ4v) is 5.46. The van der Waals surface area contributed by atoms with Gasteiger partial charge in [0.25, 0.3) is 20.0 Å². The van der Waals surface area contributed by atoms with Crippen LogP contribution in [0.2, 0.25) is 0 Å². The highest BCUT2D eigenvalue weighted by Crippen LogP contribution is 2.26. The minimum atomic E-state index is -4.57. The van der Waals surface area contributed by atoms with Crippen LogP contribution in [0.4, 0.5) is 5.69 Å². The van der Waals surface area contributed by atoms with Gasteiger partial charge in [-0.1, -0.05) is 36.4 Å². The highest BCUT2D eigenvalue weighted by atomic mass is 32.2. The molecule has 0 amide bonds. The van der Waals surface area contributed by atoms with Crippen molar-refractivity contribution < 1.29 is 36.6 Å². The molecule has 10 nitrogen and oxygen atoms in total. The average Bonchev–Trinajstić information content (AvgIpc) is 2.78. The summed E-state index contributed by atoms with van der Waals surface area (Å²) in [5.74, 6) is -3.18. The predicted molar refractivity (Wildman–Crippen MR) is 113 cm³/mol. The molecule has 0 heterocycles. The van der Waals surface area contributed by atoms with E-state index >= 15 is 0 Å². The maximum absolute atomic E-state index is 13.3. The van der Waals surface area contributed by atoms with E-state index < -0.39 is 48.8 Å². The standard InChI is InChI=1S/C20H16N2O8S2/c23-19(24)17-12-11-14(13-18(17)20(25)26)22(32(29,30)16-9-5-2-6-10-16)21-31(27,28)15-7-3-1-4-8-15/h1-13,21H,(H,23,24)(H,25,26). The van der Waals surface area contributed by atoms with Gasteiger partial charge < -0.3 is 10.2 Å². The van der Waals surface area contributed by atoms with Crippen molar-refractivity contribution in [2.24, 2.45) is 0 Å². The molecule has 0 fully saturated rings. The first-order chi connectivity index (χ1) is 15.0. The van der Waals surface area contributed by atoms with Gasteiger partial charge in [0.2, 0.25) is 0 Å². The number of benzene rings is 3. The second-order valence-electron chi connectivity index (χ2n) is 6.33. The molecule has 0 aliphatic rings. The van der Waals surface area contributed by atoms with Crippen LogP contribution < -0.4 is 9.25 Å². The number of hydrogen-bond donors (Lipinski definition) is 3. The number of anilines is 1. The first-order valence-electron chi connectivity index (χ1n) is 8.82. The Balaban J connectivity index is 2.21. The SMILES string of the molecule is O=C(O)c1ccc(N(NS(=O)(=O)c2ccccc2)S(=O)(=O)c2ccccc2)cc1C(=O)O. The van der Waals surface area contributed by atoms with Gasteiger partial charge in [-0.05, 0) is 42.5 Å². The van der Waals surface area contributed by atoms with Gasteiger partial charge in [-0.3, -0.25) is 0 Å². The Labute approximate surface area is 183 Å². The van der Waals surface area contributed by atoms with Crippen LogP contribution in [0.15, 0.2) is 88.7 Å². The first kappa shape index (κ1) is 22.9. The monoisotopic (exact) mass is 476 g/mol. The molecule has 3 aromatic rings. The molecule has 0 aliphatic heterocycles. The van der Waals surface area contributed by atoms with Crippen molar-refractivity contribution in [2.75, 3.05) is 4.41 Å². The van der Waals surface area contributed by atoms with Crippen molar-refractivity contribution in [2.45, 2.75) is 9.79 Å². The number of rotatable bonds is 8. The van der Waals surface area contributed by atoms with Crippen LogP contribution in [0.3, 0.4) is 0 Å². The van der Waals surface area contributed by atoms with E-state index in [1.165, 1.54) is 48.5 Å². The number of hydrazine groups is 1. The van der Waals surface area contributed by atoms with Crippen LogP contribution in [0, 0.1) is 0 Å². The molecule has 3 rings (SSSR count). The summed E-state index contributed by atoms with van der Waals surface area (Å²) in [5, 5.41) is 18.6. The Morgan fingerprint density at radius 3 is 1.69 bits per heavy atom. The van der Waals surface area contributed by atoms with E-state index in [1.54, 1.807) is 12.1 Å². The first-order valence-corrected chi connectivity index (χ1v) is 11.7. The van der Waals surface area contributed by atoms with E-state index in [1.807, 2.05) is 4.83 Å². The zero-order chi connectivity index (χ0) is 23.5. The summed E-state index contributed by atoms with van der Waals surface area (Å²) < 4.78 is 52.6. The highest BCUT2D eigenvalue weighted by Gasteiger charge is 2.31. The lowest BCUT2D eigenvalue weighted by Crippen LogP contribution is -2.46. The number of nitrogens with one attached hydrogen (secondary N) is 1. The molecule has 0 unspecified atom stereocenters. The molecule has 166 valence electrons. The molecule has 32 heavy (non-hydrogen) atoms. The van der Waals surface area contributed by atoms with Crippen molar-refractivity contribution in [1.82, 2.24) is 4.83 Å². The van der Waals surface area contributed by atoms with Gasteiger partial charge in [-0.25, -0.2) is 18.0 Å². The zero-order valence-corrected chi connectivity index (χ0v) is 17.7. The lowest BCUT2D eigenvalue weighted by molar-refractivity contribution is 0.0651. The number of carboxylic acid groups (broad SMARTS) is 2. The molecule has 0 saturated heterocycles. The smallest absolute Gasteiger partial charge is 0.336 e. The van der Waals surface area contributed by atoms with Crippen LogP contribution in [0.25, 0.3) is 0 Å². The second kappa shape index (κ2) is 8.78.